The molecule has 4 nitrogen and oxygen atoms in total. The fraction of sp³-hybridized carbons (Fsp3) is 0.700. The van der Waals surface area contributed by atoms with Crippen LogP contribution in [-0.4, -0.2) is 34.3 Å². The molecule has 0 unspecified atom stereocenters. The number of piperidine rings is 1. The number of H-pyrrole nitrogens is 1. The van der Waals surface area contributed by atoms with Crippen LogP contribution in [0.1, 0.15) is 19.3 Å². The quantitative estimate of drug-likeness (QED) is 0.846. The van der Waals surface area contributed by atoms with Crippen molar-refractivity contribution in [1.82, 2.24) is 14.7 Å². The second kappa shape index (κ2) is 5.98. The number of hydrogen-bond acceptors (Lipinski definition) is 2. The van der Waals surface area contributed by atoms with E-state index >= 15 is 0 Å². The predicted octanol–water partition coefficient (Wildman–Crippen LogP) is 1.08. The van der Waals surface area contributed by atoms with E-state index in [0.717, 1.165) is 13.1 Å². The van der Waals surface area contributed by atoms with Gasteiger partial charge in [0.25, 0.3) is 5.56 Å². The summed E-state index contributed by atoms with van der Waals surface area (Å²) in [5.41, 5.74) is -0.0105. The molecular formula is C10H18ClN3O. The Balaban J connectivity index is 0.00000112. The lowest BCUT2D eigenvalue weighted by atomic mass is 10.1. The molecule has 0 aliphatic carbocycles. The maximum absolute atomic E-state index is 10.9. The van der Waals surface area contributed by atoms with Crippen molar-refractivity contribution in [3.63, 3.8) is 0 Å². The molecule has 5 heteroatoms. The van der Waals surface area contributed by atoms with E-state index in [1.165, 1.54) is 32.4 Å². The van der Waals surface area contributed by atoms with Crippen molar-refractivity contribution in [2.24, 2.45) is 0 Å². The minimum absolute atomic E-state index is 0. The average Bonchev–Trinajstić information content (AvgIpc) is 2.63. The maximum atomic E-state index is 10.9. The standard InChI is InChI=1S/C10H17N3O.ClH/c14-10-4-7-13(11-10)9-8-12-5-2-1-3-6-12;/h4,7H,1-3,5-6,8-9H2,(H,11,14);1H. The van der Waals surface area contributed by atoms with Gasteiger partial charge in [0.1, 0.15) is 0 Å². The lowest BCUT2D eigenvalue weighted by Gasteiger charge is -2.26. The molecule has 0 bridgehead atoms. The predicted molar refractivity (Wildman–Crippen MR) is 62.6 cm³/mol. The van der Waals surface area contributed by atoms with Gasteiger partial charge in [0.15, 0.2) is 0 Å². The molecule has 1 fully saturated rings. The van der Waals surface area contributed by atoms with Crippen LogP contribution in [0.15, 0.2) is 17.1 Å². The normalized spacial score (nSPS) is 17.3. The summed E-state index contributed by atoms with van der Waals surface area (Å²) in [6.07, 6.45) is 5.83. The first kappa shape index (κ1) is 12.3. The van der Waals surface area contributed by atoms with Gasteiger partial charge in [-0.15, -0.1) is 12.4 Å². The Hall–Kier alpha value is -0.740. The van der Waals surface area contributed by atoms with Crippen LogP contribution in [0.4, 0.5) is 0 Å². The number of nitrogens with one attached hydrogen (secondary N) is 1. The van der Waals surface area contributed by atoms with Crippen molar-refractivity contribution in [2.75, 3.05) is 19.6 Å². The third-order valence-corrected chi connectivity index (χ3v) is 2.77. The highest BCUT2D eigenvalue weighted by atomic mass is 35.5. The van der Waals surface area contributed by atoms with E-state index in [0.29, 0.717) is 0 Å². The van der Waals surface area contributed by atoms with Gasteiger partial charge >= 0.3 is 0 Å². The monoisotopic (exact) mass is 231 g/mol. The topological polar surface area (TPSA) is 41.0 Å². The Morgan fingerprint density at radius 1 is 1.20 bits per heavy atom. The van der Waals surface area contributed by atoms with Gasteiger partial charge in [0.05, 0.1) is 6.54 Å². The first-order valence-corrected chi connectivity index (χ1v) is 5.32. The summed E-state index contributed by atoms with van der Waals surface area (Å²) >= 11 is 0. The molecule has 15 heavy (non-hydrogen) atoms. The molecule has 1 aliphatic rings. The Morgan fingerprint density at radius 2 is 1.93 bits per heavy atom. The largest absolute Gasteiger partial charge is 0.302 e. The number of halogens is 1. The Labute approximate surface area is 95.7 Å². The first-order valence-electron chi connectivity index (χ1n) is 5.32. The molecule has 0 aromatic carbocycles. The molecular weight excluding hydrogens is 214 g/mol. The highest BCUT2D eigenvalue weighted by molar-refractivity contribution is 5.85. The van der Waals surface area contributed by atoms with E-state index in [1.54, 1.807) is 6.07 Å². The van der Waals surface area contributed by atoms with Gasteiger partial charge in [-0.3, -0.25) is 14.6 Å². The van der Waals surface area contributed by atoms with Crippen LogP contribution in [-0.2, 0) is 6.54 Å². The minimum atomic E-state index is -0.0105. The number of nitrogens with zero attached hydrogens (tertiary/aromatic N) is 2. The molecule has 1 aromatic rings. The zero-order valence-corrected chi connectivity index (χ0v) is 9.63. The molecule has 0 radical (unpaired) electrons. The smallest absolute Gasteiger partial charge is 0.264 e. The van der Waals surface area contributed by atoms with Crippen LogP contribution in [0.5, 0.6) is 0 Å². The molecule has 0 amide bonds. The fourth-order valence-electron chi connectivity index (χ4n) is 1.94. The third-order valence-electron chi connectivity index (χ3n) is 2.77. The molecule has 0 spiro atoms. The molecule has 1 saturated heterocycles. The van der Waals surface area contributed by atoms with Crippen LogP contribution in [0.3, 0.4) is 0 Å². The van der Waals surface area contributed by atoms with E-state index in [1.807, 2.05) is 10.9 Å². The van der Waals surface area contributed by atoms with E-state index in [-0.39, 0.29) is 18.0 Å². The van der Waals surface area contributed by atoms with Gasteiger partial charge in [0.2, 0.25) is 0 Å². The van der Waals surface area contributed by atoms with Crippen LogP contribution in [0, 0.1) is 0 Å². The molecule has 2 rings (SSSR count). The molecule has 1 aliphatic heterocycles. The van der Waals surface area contributed by atoms with E-state index in [9.17, 15) is 4.79 Å². The van der Waals surface area contributed by atoms with Gasteiger partial charge in [-0.2, -0.15) is 0 Å². The number of aromatic amines is 1. The summed E-state index contributed by atoms with van der Waals surface area (Å²) in [4.78, 5) is 13.3. The summed E-state index contributed by atoms with van der Waals surface area (Å²) < 4.78 is 1.86. The Kier molecular flexibility index (Phi) is 4.91. The third kappa shape index (κ3) is 3.72. The number of likely N-dealkylation sites (tertiary alicyclic amines) is 1. The van der Waals surface area contributed by atoms with Crippen molar-refractivity contribution in [1.29, 1.82) is 0 Å². The highest BCUT2D eigenvalue weighted by Gasteiger charge is 2.09. The lowest BCUT2D eigenvalue weighted by molar-refractivity contribution is 0.218. The van der Waals surface area contributed by atoms with E-state index < -0.39 is 0 Å². The van der Waals surface area contributed by atoms with Gasteiger partial charge < -0.3 is 4.90 Å². The highest BCUT2D eigenvalue weighted by Crippen LogP contribution is 2.07. The van der Waals surface area contributed by atoms with Crippen molar-refractivity contribution < 1.29 is 0 Å². The molecule has 1 N–H and O–H groups in total. The zero-order valence-electron chi connectivity index (χ0n) is 8.82. The van der Waals surface area contributed by atoms with Crippen LogP contribution in [0.2, 0.25) is 0 Å². The second-order valence-corrected chi connectivity index (χ2v) is 3.89. The maximum Gasteiger partial charge on any atom is 0.264 e. The Morgan fingerprint density at radius 3 is 2.53 bits per heavy atom. The first-order chi connectivity index (χ1) is 6.84. The van der Waals surface area contributed by atoms with Crippen molar-refractivity contribution in [2.45, 2.75) is 25.8 Å². The number of hydrogen-bond donors (Lipinski definition) is 1. The van der Waals surface area contributed by atoms with Crippen molar-refractivity contribution in [3.8, 4) is 0 Å². The molecule has 0 atom stereocenters. The number of rotatable bonds is 3. The average molecular weight is 232 g/mol. The van der Waals surface area contributed by atoms with Crippen LogP contribution >= 0.6 is 12.4 Å². The lowest BCUT2D eigenvalue weighted by Crippen LogP contribution is -2.32. The molecule has 86 valence electrons. The van der Waals surface area contributed by atoms with Gasteiger partial charge in [0, 0.05) is 18.8 Å². The van der Waals surface area contributed by atoms with Crippen LogP contribution < -0.4 is 5.56 Å². The van der Waals surface area contributed by atoms with Gasteiger partial charge in [-0.05, 0) is 25.9 Å². The Bertz CT molecular complexity index is 327. The van der Waals surface area contributed by atoms with E-state index in [4.69, 9.17) is 0 Å². The molecule has 0 saturated carbocycles. The summed E-state index contributed by atoms with van der Waals surface area (Å²) in [7, 11) is 0. The number of aromatic nitrogens is 2. The van der Waals surface area contributed by atoms with E-state index in [2.05, 4.69) is 10.00 Å². The fourth-order valence-corrected chi connectivity index (χ4v) is 1.94. The van der Waals surface area contributed by atoms with Crippen molar-refractivity contribution >= 4 is 12.4 Å². The SMILES string of the molecule is Cl.O=c1ccn(CCN2CCCCC2)[nH]1. The summed E-state index contributed by atoms with van der Waals surface area (Å²) in [5.74, 6) is 0. The summed E-state index contributed by atoms with van der Waals surface area (Å²) in [5, 5.41) is 2.75. The van der Waals surface area contributed by atoms with Crippen molar-refractivity contribution in [3.05, 3.63) is 22.6 Å². The molecule has 1 aromatic heterocycles. The summed E-state index contributed by atoms with van der Waals surface area (Å²) in [6, 6.07) is 1.57. The van der Waals surface area contributed by atoms with Gasteiger partial charge in [-0.1, -0.05) is 6.42 Å². The zero-order chi connectivity index (χ0) is 9.80. The molecule has 2 heterocycles. The van der Waals surface area contributed by atoms with Gasteiger partial charge in [-0.25, -0.2) is 0 Å². The second-order valence-electron chi connectivity index (χ2n) is 3.89. The minimum Gasteiger partial charge on any atom is -0.302 e. The van der Waals surface area contributed by atoms with Crippen LogP contribution in [0.25, 0.3) is 0 Å². The summed E-state index contributed by atoms with van der Waals surface area (Å²) in [6.45, 7) is 4.36.